The number of carbonyl (C=O) groups is 1. The van der Waals surface area contributed by atoms with Gasteiger partial charge in [0.15, 0.2) is 0 Å². The van der Waals surface area contributed by atoms with Crippen LogP contribution >= 0.6 is 0 Å². The first-order valence-electron chi connectivity index (χ1n) is 4.25. The first-order chi connectivity index (χ1) is 6.28. The molecule has 0 aromatic heterocycles. The second kappa shape index (κ2) is 5.59. The molecule has 0 spiro atoms. The summed E-state index contributed by atoms with van der Waals surface area (Å²) in [4.78, 5) is 21.9. The standard InChI is InChI=1S/C9H16NO4.Fm/c1-9(2,3)14-5-7(8(12)13)10(4)6-11;/h7H,5H2,1-4H3,(H,12,13);/q-1;. The number of ether oxygens (including phenoxy) is 1. The molecule has 0 rings (SSSR count). The summed E-state index contributed by atoms with van der Waals surface area (Å²) in [7, 11) is 1.36. The summed E-state index contributed by atoms with van der Waals surface area (Å²) in [5.41, 5.74) is -0.419. The largest absolute Gasteiger partial charge is 0.520 e. The molecule has 0 bridgehead atoms. The van der Waals surface area contributed by atoms with Crippen molar-refractivity contribution >= 4 is 12.4 Å². The Morgan fingerprint density at radius 1 is 1.53 bits per heavy atom. The second-order valence-corrected chi connectivity index (χ2v) is 3.98. The van der Waals surface area contributed by atoms with Crippen molar-refractivity contribution in [3.63, 3.8) is 0 Å². The smallest absolute Gasteiger partial charge is 0.326 e. The summed E-state index contributed by atoms with van der Waals surface area (Å²) >= 11 is 0. The molecular weight excluding hydrogens is 443 g/mol. The van der Waals surface area contributed by atoms with E-state index in [4.69, 9.17) is 9.84 Å². The van der Waals surface area contributed by atoms with Crippen molar-refractivity contribution in [3.8, 4) is 0 Å². The minimum Gasteiger partial charge on any atom is -0.520 e. The SMILES string of the molecule is CN([C-]=O)C(COC(C)(C)C)C(=O)O.[Fm]. The number of aliphatic carboxylic acids is 1. The molecule has 0 radical (unpaired) electrons. The summed E-state index contributed by atoms with van der Waals surface area (Å²) in [6.07, 6.45) is 1.51. The fraction of sp³-hybridized carbons (Fsp3) is 0.778. The molecule has 5 nitrogen and oxygen atoms in total. The van der Waals surface area contributed by atoms with Gasteiger partial charge in [0.2, 0.25) is 0 Å². The Hall–Kier alpha value is -2.10. The molecule has 0 heterocycles. The average Bonchev–Trinajstić information content (AvgIpc) is 2.01. The molecule has 1 amide bonds. The molecule has 0 aromatic carbocycles. The van der Waals surface area contributed by atoms with E-state index in [2.05, 4.69) is 0 Å². The van der Waals surface area contributed by atoms with Gasteiger partial charge in [0.1, 0.15) is 6.04 Å². The predicted octanol–water partition coefficient (Wildman–Crippen LogP) is 0.254. The van der Waals surface area contributed by atoms with E-state index in [9.17, 15) is 9.59 Å². The Bertz CT molecular complexity index is 215. The minimum absolute atomic E-state index is 0. The van der Waals surface area contributed by atoms with Gasteiger partial charge in [-0.1, -0.05) is 0 Å². The molecule has 0 fully saturated rings. The van der Waals surface area contributed by atoms with Gasteiger partial charge in [0, 0.05) is 0 Å². The van der Waals surface area contributed by atoms with Crippen LogP contribution in [0, 0.1) is 0 Å². The molecule has 15 heavy (non-hydrogen) atoms. The van der Waals surface area contributed by atoms with Crippen LogP contribution in [-0.2, 0) is 14.3 Å². The van der Waals surface area contributed by atoms with Crippen LogP contribution in [0.1, 0.15) is 20.8 Å². The number of hydrogen-bond donors (Lipinski definition) is 1. The van der Waals surface area contributed by atoms with Gasteiger partial charge in [-0.2, -0.15) is 6.41 Å². The van der Waals surface area contributed by atoms with Gasteiger partial charge in [-0.25, -0.2) is 4.79 Å². The van der Waals surface area contributed by atoms with Crippen molar-refractivity contribution in [2.45, 2.75) is 32.4 Å². The van der Waals surface area contributed by atoms with Gasteiger partial charge in [-0.3, -0.25) is 0 Å². The maximum absolute atomic E-state index is 10.7. The second-order valence-electron chi connectivity index (χ2n) is 3.98. The summed E-state index contributed by atoms with van der Waals surface area (Å²) < 4.78 is 5.27. The van der Waals surface area contributed by atoms with E-state index in [1.54, 1.807) is 0 Å². The number of nitrogens with zero attached hydrogens (tertiary/aromatic N) is 1. The Morgan fingerprint density at radius 2 is 2.00 bits per heavy atom. The molecule has 0 aliphatic heterocycles. The third-order valence-electron chi connectivity index (χ3n) is 1.57. The Kier molecular flexibility index (Phi) is 5.73. The van der Waals surface area contributed by atoms with E-state index in [0.29, 0.717) is 0 Å². The quantitative estimate of drug-likeness (QED) is 0.473. The zero-order chi connectivity index (χ0) is 11.4. The zero-order valence-electron chi connectivity index (χ0n) is 9.19. The van der Waals surface area contributed by atoms with Gasteiger partial charge >= 0.3 is 5.97 Å². The number of rotatable bonds is 5. The van der Waals surface area contributed by atoms with Crippen LogP contribution in [0.25, 0.3) is 0 Å². The molecule has 1 atom stereocenters. The first kappa shape index (κ1) is 15.4. The van der Waals surface area contributed by atoms with E-state index in [1.807, 2.05) is 20.8 Å². The maximum atomic E-state index is 10.7. The molecule has 6 heteroatoms. The average molecular weight is 459 g/mol. The molecule has 0 saturated carbocycles. The normalized spacial score (nSPS) is 12.5. The van der Waals surface area contributed by atoms with Crippen LogP contribution < -0.4 is 0 Å². The number of hydrogen-bond acceptors (Lipinski definition) is 3. The zero-order valence-corrected chi connectivity index (χ0v) is 11.6. The van der Waals surface area contributed by atoms with E-state index in [-0.39, 0.29) is 6.61 Å². The molecule has 0 aliphatic carbocycles. The number of carboxylic acid groups (broad SMARTS) is 1. The maximum Gasteiger partial charge on any atom is 0.326 e. The van der Waals surface area contributed by atoms with Crippen LogP contribution in [0.4, 0.5) is 0 Å². The Labute approximate surface area is 83.6 Å². The van der Waals surface area contributed by atoms with E-state index < -0.39 is 17.6 Å². The van der Waals surface area contributed by atoms with E-state index >= 15 is 0 Å². The third-order valence-corrected chi connectivity index (χ3v) is 1.57. The monoisotopic (exact) mass is 459 g/mol. The molecule has 0 aromatic rings. The van der Waals surface area contributed by atoms with Crippen LogP contribution in [0.2, 0.25) is 0 Å². The number of carbonyl (C=O) groups excluding carboxylic acids is 1. The van der Waals surface area contributed by atoms with Gasteiger partial charge < -0.3 is 19.5 Å². The fourth-order valence-corrected chi connectivity index (χ4v) is 0.741. The molecule has 0 saturated heterocycles. The van der Waals surface area contributed by atoms with Gasteiger partial charge in [-0.05, 0) is 27.8 Å². The van der Waals surface area contributed by atoms with Crippen molar-refractivity contribution in [1.29, 1.82) is 0 Å². The van der Waals surface area contributed by atoms with Gasteiger partial charge in [0.25, 0.3) is 0 Å². The molecular formula is C9H16FmNO4-. The summed E-state index contributed by atoms with van der Waals surface area (Å²) in [5.74, 6) is -1.10. The molecule has 1 unspecified atom stereocenters. The Morgan fingerprint density at radius 3 is 2.27 bits per heavy atom. The number of likely N-dealkylation sites (N-methyl/N-ethyl adjacent to an activating group) is 1. The van der Waals surface area contributed by atoms with Gasteiger partial charge in [0.05, 0.1) is 12.2 Å². The van der Waals surface area contributed by atoms with Crippen molar-refractivity contribution < 1.29 is 19.4 Å². The topological polar surface area (TPSA) is 66.8 Å². The molecule has 94 valence electrons. The summed E-state index contributed by atoms with van der Waals surface area (Å²) in [6, 6.07) is -0.980. The van der Waals surface area contributed by atoms with Crippen molar-refractivity contribution in [2.24, 2.45) is 0 Å². The number of carboxylic acids is 1. The van der Waals surface area contributed by atoms with Crippen molar-refractivity contribution in [1.82, 2.24) is 4.90 Å². The molecule has 0 aliphatic rings. The van der Waals surface area contributed by atoms with Crippen molar-refractivity contribution in [3.05, 3.63) is 0 Å². The Balaban J connectivity index is 0. The molecule has 1 N–H and O–H groups in total. The predicted molar refractivity (Wildman–Crippen MR) is 50.6 cm³/mol. The summed E-state index contributed by atoms with van der Waals surface area (Å²) in [6.45, 7) is 5.41. The van der Waals surface area contributed by atoms with Crippen LogP contribution in [-0.4, -0.2) is 47.7 Å². The first-order valence-corrected chi connectivity index (χ1v) is 4.25. The van der Waals surface area contributed by atoms with Crippen LogP contribution in [0.15, 0.2) is 0 Å². The van der Waals surface area contributed by atoms with E-state index in [0.717, 1.165) is 4.90 Å². The summed E-state index contributed by atoms with van der Waals surface area (Å²) in [5, 5.41) is 8.77. The van der Waals surface area contributed by atoms with Crippen molar-refractivity contribution in [2.75, 3.05) is 13.7 Å². The fourth-order valence-electron chi connectivity index (χ4n) is 0.741. The van der Waals surface area contributed by atoms with Crippen LogP contribution in [0.3, 0.4) is 0 Å². The van der Waals surface area contributed by atoms with Gasteiger partial charge in [-0.15, -0.1) is 0 Å². The third kappa shape index (κ3) is 6.04. The number of amides is 1. The minimum atomic E-state index is -1.10. The van der Waals surface area contributed by atoms with Crippen LogP contribution in [0.5, 0.6) is 0 Å². The van der Waals surface area contributed by atoms with E-state index in [1.165, 1.54) is 13.5 Å².